The van der Waals surface area contributed by atoms with Crippen molar-refractivity contribution in [1.29, 1.82) is 0 Å². The zero-order valence-electron chi connectivity index (χ0n) is 20.0. The molecule has 174 valence electrons. The van der Waals surface area contributed by atoms with E-state index in [-0.39, 0.29) is 0 Å². The topological polar surface area (TPSA) is 105 Å². The van der Waals surface area contributed by atoms with Crippen LogP contribution in [0.25, 0.3) is 0 Å². The second-order valence-corrected chi connectivity index (χ2v) is 10.8. The van der Waals surface area contributed by atoms with Gasteiger partial charge in [0.05, 0.1) is 11.0 Å². The first-order valence-electron chi connectivity index (χ1n) is 11.0. The first kappa shape index (κ1) is 26.4. The molecule has 30 heavy (non-hydrogen) atoms. The average molecular weight is 427 g/mol. The van der Waals surface area contributed by atoms with E-state index in [1.165, 1.54) is 19.3 Å². The Labute approximate surface area is 181 Å². The number of ether oxygens (including phenoxy) is 1. The van der Waals surface area contributed by atoms with Crippen LogP contribution in [0, 0.1) is 23.2 Å². The van der Waals surface area contributed by atoms with Gasteiger partial charge in [-0.15, -0.1) is 0 Å². The first-order chi connectivity index (χ1) is 13.7. The SMILES string of the molecule is CC(C)(C=O)NC(=O)OC(C)(C)C.CCC1CC2CC(CC(C)(C(=O)O)C2)C1NC. The quantitative estimate of drug-likeness (QED) is 0.574. The molecule has 2 fully saturated rings. The highest BCUT2D eigenvalue weighted by molar-refractivity contribution is 5.76. The Kier molecular flexibility index (Phi) is 8.91. The predicted molar refractivity (Wildman–Crippen MR) is 117 cm³/mol. The summed E-state index contributed by atoms with van der Waals surface area (Å²) in [7, 11) is 2.03. The number of nitrogens with one attached hydrogen (secondary N) is 2. The summed E-state index contributed by atoms with van der Waals surface area (Å²) in [5.41, 5.74) is -1.90. The predicted octanol–water partition coefficient (Wildman–Crippen LogP) is 4.00. The largest absolute Gasteiger partial charge is 0.481 e. The summed E-state index contributed by atoms with van der Waals surface area (Å²) in [6.45, 7) is 12.7. The molecule has 0 aromatic heterocycles. The van der Waals surface area contributed by atoms with E-state index in [1.807, 2.05) is 14.0 Å². The molecule has 2 bridgehead atoms. The summed E-state index contributed by atoms with van der Waals surface area (Å²) >= 11 is 0. The number of carboxylic acid groups (broad SMARTS) is 1. The van der Waals surface area contributed by atoms with Crippen molar-refractivity contribution >= 4 is 18.3 Å². The zero-order valence-corrected chi connectivity index (χ0v) is 20.0. The molecular formula is C23H42N2O5. The van der Waals surface area contributed by atoms with Gasteiger partial charge in [0.1, 0.15) is 11.9 Å². The van der Waals surface area contributed by atoms with Crippen LogP contribution < -0.4 is 10.6 Å². The Morgan fingerprint density at radius 2 is 1.77 bits per heavy atom. The van der Waals surface area contributed by atoms with E-state index >= 15 is 0 Å². The molecule has 5 atom stereocenters. The molecule has 3 N–H and O–H groups in total. The molecule has 0 spiro atoms. The smallest absolute Gasteiger partial charge is 0.408 e. The lowest BCUT2D eigenvalue weighted by atomic mass is 9.57. The average Bonchev–Trinajstić information content (AvgIpc) is 2.59. The number of alkyl carbamates (subject to hydrolysis) is 1. The number of rotatable bonds is 5. The van der Waals surface area contributed by atoms with Gasteiger partial charge in [0, 0.05) is 6.04 Å². The van der Waals surface area contributed by atoms with Crippen LogP contribution in [0.5, 0.6) is 0 Å². The van der Waals surface area contributed by atoms with Gasteiger partial charge in [0.2, 0.25) is 0 Å². The summed E-state index contributed by atoms with van der Waals surface area (Å²) in [4.78, 5) is 33.0. The van der Waals surface area contributed by atoms with E-state index in [0.717, 1.165) is 18.8 Å². The molecule has 0 aromatic rings. The normalized spacial score (nSPS) is 31.1. The molecule has 1 amide bonds. The second-order valence-electron chi connectivity index (χ2n) is 10.8. The van der Waals surface area contributed by atoms with Crippen LogP contribution in [0.1, 0.15) is 80.6 Å². The molecule has 0 radical (unpaired) electrons. The number of aldehydes is 1. The minimum atomic E-state index is -0.873. The third-order valence-electron chi connectivity index (χ3n) is 6.23. The second kappa shape index (κ2) is 10.1. The third kappa shape index (κ3) is 7.56. The number of hydrogen-bond acceptors (Lipinski definition) is 5. The highest BCUT2D eigenvalue weighted by atomic mass is 16.6. The molecule has 0 aromatic carbocycles. The number of carbonyl (C=O) groups is 3. The molecule has 2 rings (SSSR count). The minimum absolute atomic E-state index is 0.485. The minimum Gasteiger partial charge on any atom is -0.481 e. The molecule has 2 aliphatic rings. The van der Waals surface area contributed by atoms with E-state index in [2.05, 4.69) is 17.6 Å². The maximum atomic E-state index is 11.4. The van der Waals surface area contributed by atoms with Crippen molar-refractivity contribution in [2.24, 2.45) is 23.2 Å². The van der Waals surface area contributed by atoms with Crippen molar-refractivity contribution in [1.82, 2.24) is 10.6 Å². The van der Waals surface area contributed by atoms with Gasteiger partial charge in [-0.05, 0) is 92.0 Å². The Morgan fingerprint density at radius 1 is 1.17 bits per heavy atom. The maximum absolute atomic E-state index is 11.4. The third-order valence-corrected chi connectivity index (χ3v) is 6.23. The van der Waals surface area contributed by atoms with Gasteiger partial charge in [-0.1, -0.05) is 13.3 Å². The lowest BCUT2D eigenvalue weighted by Gasteiger charge is -2.50. The number of hydrogen-bond donors (Lipinski definition) is 3. The number of fused-ring (bicyclic) bond motifs is 2. The molecule has 7 heteroatoms. The van der Waals surface area contributed by atoms with E-state index in [9.17, 15) is 19.5 Å². The van der Waals surface area contributed by atoms with Crippen molar-refractivity contribution in [3.63, 3.8) is 0 Å². The van der Waals surface area contributed by atoms with Crippen LogP contribution in [0.2, 0.25) is 0 Å². The van der Waals surface area contributed by atoms with Gasteiger partial charge < -0.3 is 25.3 Å². The van der Waals surface area contributed by atoms with Gasteiger partial charge >= 0.3 is 12.1 Å². The molecule has 0 heterocycles. The van der Waals surface area contributed by atoms with Crippen LogP contribution in [-0.2, 0) is 14.3 Å². The Bertz CT molecular complexity index is 613. The fourth-order valence-electron chi connectivity index (χ4n) is 4.97. The van der Waals surface area contributed by atoms with E-state index < -0.39 is 28.6 Å². The highest BCUT2D eigenvalue weighted by Crippen LogP contribution is 2.50. The van der Waals surface area contributed by atoms with Crippen molar-refractivity contribution in [3.05, 3.63) is 0 Å². The number of carbonyl (C=O) groups excluding carboxylic acids is 2. The number of carboxylic acids is 1. The van der Waals surface area contributed by atoms with Crippen molar-refractivity contribution in [2.45, 2.75) is 97.8 Å². The van der Waals surface area contributed by atoms with E-state index in [1.54, 1.807) is 34.6 Å². The molecule has 0 saturated heterocycles. The fraction of sp³-hybridized carbons (Fsp3) is 0.870. The van der Waals surface area contributed by atoms with Gasteiger partial charge in [-0.3, -0.25) is 4.79 Å². The van der Waals surface area contributed by atoms with Crippen molar-refractivity contribution < 1.29 is 24.2 Å². The summed E-state index contributed by atoms with van der Waals surface area (Å²) in [6, 6.07) is 0.523. The Hall–Kier alpha value is -1.63. The molecule has 2 aliphatic carbocycles. The fourth-order valence-corrected chi connectivity index (χ4v) is 4.97. The van der Waals surface area contributed by atoms with Gasteiger partial charge in [0.25, 0.3) is 0 Å². The lowest BCUT2D eigenvalue weighted by molar-refractivity contribution is -0.154. The molecule has 5 unspecified atom stereocenters. The Morgan fingerprint density at radius 3 is 2.20 bits per heavy atom. The number of amides is 1. The van der Waals surface area contributed by atoms with E-state index in [4.69, 9.17) is 4.74 Å². The summed E-state index contributed by atoms with van der Waals surface area (Å²) in [6.07, 6.45) is 5.46. The van der Waals surface area contributed by atoms with Crippen LogP contribution in [0.3, 0.4) is 0 Å². The molecule has 2 saturated carbocycles. The van der Waals surface area contributed by atoms with Crippen molar-refractivity contribution in [3.8, 4) is 0 Å². The number of aliphatic carboxylic acids is 1. The van der Waals surface area contributed by atoms with Gasteiger partial charge in [-0.2, -0.15) is 0 Å². The zero-order chi connectivity index (χ0) is 23.3. The maximum Gasteiger partial charge on any atom is 0.408 e. The standard InChI is InChI=1S/C14H25NO2.C9H17NO3/c1-4-10-5-9-6-11(12(10)15-3)8-14(2,7-9)13(16)17;1-8(2,3)13-7(12)10-9(4,5)6-11/h9-12,15H,4-8H2,1-3H3,(H,16,17);6H,1-5H3,(H,10,12). The first-order valence-corrected chi connectivity index (χ1v) is 11.0. The van der Waals surface area contributed by atoms with Crippen LogP contribution in [0.4, 0.5) is 4.79 Å². The summed E-state index contributed by atoms with van der Waals surface area (Å²) in [5, 5.41) is 15.3. The van der Waals surface area contributed by atoms with Crippen LogP contribution in [0.15, 0.2) is 0 Å². The highest BCUT2D eigenvalue weighted by Gasteiger charge is 2.49. The molecule has 7 nitrogen and oxygen atoms in total. The lowest BCUT2D eigenvalue weighted by Crippen LogP contribution is -2.52. The van der Waals surface area contributed by atoms with Crippen LogP contribution >= 0.6 is 0 Å². The summed E-state index contributed by atoms with van der Waals surface area (Å²) < 4.78 is 4.97. The monoisotopic (exact) mass is 426 g/mol. The van der Waals surface area contributed by atoms with Gasteiger partial charge in [0.15, 0.2) is 0 Å². The summed E-state index contributed by atoms with van der Waals surface area (Å²) in [5.74, 6) is 1.32. The molecular weight excluding hydrogens is 384 g/mol. The molecule has 0 aliphatic heterocycles. The van der Waals surface area contributed by atoms with Gasteiger partial charge in [-0.25, -0.2) is 4.79 Å². The van der Waals surface area contributed by atoms with Crippen molar-refractivity contribution in [2.75, 3.05) is 7.05 Å². The van der Waals surface area contributed by atoms with Crippen LogP contribution in [-0.4, -0.2) is 47.7 Å². The Balaban J connectivity index is 0.000000314. The van der Waals surface area contributed by atoms with E-state index in [0.29, 0.717) is 24.2 Å².